The topological polar surface area (TPSA) is 82.2 Å². The Hall–Kier alpha value is -1.15. The summed E-state index contributed by atoms with van der Waals surface area (Å²) in [7, 11) is -3.58. The van der Waals surface area contributed by atoms with E-state index in [9.17, 15) is 8.42 Å². The lowest BCUT2D eigenvalue weighted by Gasteiger charge is -2.06. The van der Waals surface area contributed by atoms with E-state index in [0.29, 0.717) is 5.69 Å². The maximum atomic E-state index is 12.0. The quantitative estimate of drug-likeness (QED) is 0.772. The van der Waals surface area contributed by atoms with Crippen LogP contribution in [0, 0.1) is 0 Å². The monoisotopic (exact) mass is 344 g/mol. The summed E-state index contributed by atoms with van der Waals surface area (Å²) in [5.74, 6) is 0. The normalized spacial score (nSPS) is 11.7. The Morgan fingerprint density at radius 3 is 2.68 bits per heavy atom. The summed E-state index contributed by atoms with van der Waals surface area (Å²) in [5.41, 5.74) is 1.31. The molecule has 0 fully saturated rings. The van der Waals surface area contributed by atoms with Gasteiger partial charge in [-0.25, -0.2) is 13.1 Å². The van der Waals surface area contributed by atoms with Crippen molar-refractivity contribution in [1.29, 1.82) is 0 Å². The van der Waals surface area contributed by atoms with Crippen molar-refractivity contribution < 1.29 is 13.5 Å². The number of benzene rings is 1. The Labute approximate surface area is 119 Å². The van der Waals surface area contributed by atoms with Crippen LogP contribution < -0.4 is 4.72 Å². The van der Waals surface area contributed by atoms with E-state index in [0.717, 1.165) is 10.0 Å². The van der Waals surface area contributed by atoms with E-state index in [-0.39, 0.29) is 18.0 Å². The third-order valence-electron chi connectivity index (χ3n) is 2.61. The molecule has 0 spiro atoms. The molecule has 1 heterocycles. The second-order valence-electron chi connectivity index (χ2n) is 3.93. The van der Waals surface area contributed by atoms with E-state index in [1.165, 1.54) is 12.3 Å². The van der Waals surface area contributed by atoms with Crippen LogP contribution in [0.25, 0.3) is 0 Å². The number of sulfonamides is 1. The van der Waals surface area contributed by atoms with Crippen LogP contribution in [0.3, 0.4) is 0 Å². The number of hydrogen-bond acceptors (Lipinski definition) is 3. The van der Waals surface area contributed by atoms with Gasteiger partial charge in [-0.1, -0.05) is 34.1 Å². The Morgan fingerprint density at radius 2 is 2.05 bits per heavy atom. The third kappa shape index (κ3) is 3.44. The van der Waals surface area contributed by atoms with Gasteiger partial charge in [0.05, 0.1) is 11.5 Å². The number of hydrogen-bond donors (Lipinski definition) is 3. The zero-order valence-corrected chi connectivity index (χ0v) is 12.3. The van der Waals surface area contributed by atoms with Crippen LogP contribution in [0.1, 0.15) is 11.3 Å². The molecule has 19 heavy (non-hydrogen) atoms. The highest BCUT2D eigenvalue weighted by molar-refractivity contribution is 9.10. The number of aliphatic hydroxyl groups excluding tert-OH is 1. The molecule has 0 saturated carbocycles. The number of rotatable bonds is 5. The minimum Gasteiger partial charge on any atom is -0.390 e. The molecule has 1 aromatic heterocycles. The molecule has 0 amide bonds. The molecule has 0 aliphatic rings. The molecule has 0 saturated heterocycles. The molecule has 0 radical (unpaired) electrons. The van der Waals surface area contributed by atoms with E-state index in [4.69, 9.17) is 5.11 Å². The van der Waals surface area contributed by atoms with Gasteiger partial charge in [0.15, 0.2) is 0 Å². The van der Waals surface area contributed by atoms with Gasteiger partial charge in [-0.2, -0.15) is 0 Å². The molecule has 0 atom stereocenters. The van der Waals surface area contributed by atoms with Gasteiger partial charge in [-0.15, -0.1) is 0 Å². The van der Waals surface area contributed by atoms with Crippen LogP contribution >= 0.6 is 15.9 Å². The molecule has 0 unspecified atom stereocenters. The molecule has 0 aliphatic heterocycles. The van der Waals surface area contributed by atoms with Gasteiger partial charge in [0.1, 0.15) is 0 Å². The second-order valence-corrected chi connectivity index (χ2v) is 6.56. The Kier molecular flexibility index (Phi) is 4.41. The van der Waals surface area contributed by atoms with Crippen LogP contribution in [0.2, 0.25) is 0 Å². The first-order valence-corrected chi connectivity index (χ1v) is 7.82. The summed E-state index contributed by atoms with van der Waals surface area (Å²) in [4.78, 5) is 2.81. The van der Waals surface area contributed by atoms with Crippen LogP contribution in [0.5, 0.6) is 0 Å². The largest absolute Gasteiger partial charge is 0.390 e. The second kappa shape index (κ2) is 5.87. The van der Waals surface area contributed by atoms with Crippen molar-refractivity contribution in [3.05, 3.63) is 52.3 Å². The molecule has 102 valence electrons. The first-order chi connectivity index (χ1) is 9.03. The molecule has 1 aromatic carbocycles. The van der Waals surface area contributed by atoms with Crippen LogP contribution in [-0.2, 0) is 23.2 Å². The van der Waals surface area contributed by atoms with E-state index >= 15 is 0 Å². The maximum Gasteiger partial charge on any atom is 0.242 e. The van der Waals surface area contributed by atoms with Crippen molar-refractivity contribution in [2.75, 3.05) is 0 Å². The first kappa shape index (κ1) is 14.3. The number of nitrogens with one attached hydrogen (secondary N) is 2. The fraction of sp³-hybridized carbons (Fsp3) is 0.167. The molecular weight excluding hydrogens is 332 g/mol. The molecule has 0 bridgehead atoms. The lowest BCUT2D eigenvalue weighted by molar-refractivity contribution is 0.277. The number of aliphatic hydroxyl groups is 1. The van der Waals surface area contributed by atoms with E-state index < -0.39 is 10.0 Å². The molecule has 0 aliphatic carbocycles. The predicted octanol–water partition coefficient (Wildman–Crippen LogP) is 1.75. The Bertz CT molecular complexity index is 667. The minimum absolute atomic E-state index is 0.114. The molecule has 3 N–H and O–H groups in total. The van der Waals surface area contributed by atoms with Crippen molar-refractivity contribution in [1.82, 2.24) is 9.71 Å². The summed E-state index contributed by atoms with van der Waals surface area (Å²) in [6, 6.07) is 8.80. The smallest absolute Gasteiger partial charge is 0.242 e. The van der Waals surface area contributed by atoms with Crippen LogP contribution in [0.4, 0.5) is 0 Å². The van der Waals surface area contributed by atoms with Crippen LogP contribution in [-0.4, -0.2) is 18.5 Å². The summed E-state index contributed by atoms with van der Waals surface area (Å²) in [5, 5.41) is 8.91. The highest BCUT2D eigenvalue weighted by atomic mass is 79.9. The fourth-order valence-electron chi connectivity index (χ4n) is 1.56. The SMILES string of the molecule is O=S(=O)(NCc1ccccc1Br)c1c[nH]c(CO)c1. The maximum absolute atomic E-state index is 12.0. The Morgan fingerprint density at radius 1 is 1.32 bits per heavy atom. The highest BCUT2D eigenvalue weighted by Crippen LogP contribution is 2.17. The van der Waals surface area contributed by atoms with E-state index in [2.05, 4.69) is 25.6 Å². The average molecular weight is 345 g/mol. The zero-order valence-electron chi connectivity index (χ0n) is 9.93. The lowest BCUT2D eigenvalue weighted by atomic mass is 10.2. The highest BCUT2D eigenvalue weighted by Gasteiger charge is 2.15. The predicted molar refractivity (Wildman–Crippen MR) is 74.9 cm³/mol. The summed E-state index contributed by atoms with van der Waals surface area (Å²) in [6.45, 7) is -0.0247. The summed E-state index contributed by atoms with van der Waals surface area (Å²) in [6.07, 6.45) is 1.36. The number of halogens is 1. The fourth-order valence-corrected chi connectivity index (χ4v) is 3.01. The number of aromatic nitrogens is 1. The molecule has 7 heteroatoms. The van der Waals surface area contributed by atoms with Crippen molar-refractivity contribution >= 4 is 26.0 Å². The van der Waals surface area contributed by atoms with Gasteiger partial charge in [-0.05, 0) is 17.7 Å². The van der Waals surface area contributed by atoms with Crippen molar-refractivity contribution in [2.24, 2.45) is 0 Å². The average Bonchev–Trinajstić information content (AvgIpc) is 2.87. The van der Waals surface area contributed by atoms with Gasteiger partial charge in [-0.3, -0.25) is 0 Å². The van der Waals surface area contributed by atoms with Gasteiger partial charge < -0.3 is 10.1 Å². The first-order valence-electron chi connectivity index (χ1n) is 5.54. The van der Waals surface area contributed by atoms with Crippen LogP contribution in [0.15, 0.2) is 45.9 Å². The van der Waals surface area contributed by atoms with Gasteiger partial charge in [0, 0.05) is 22.9 Å². The van der Waals surface area contributed by atoms with Gasteiger partial charge in [0.2, 0.25) is 10.0 Å². The Balaban J connectivity index is 2.12. The summed E-state index contributed by atoms with van der Waals surface area (Å²) >= 11 is 3.36. The number of aromatic amines is 1. The van der Waals surface area contributed by atoms with Crippen molar-refractivity contribution in [3.8, 4) is 0 Å². The van der Waals surface area contributed by atoms with Gasteiger partial charge in [0.25, 0.3) is 0 Å². The molecule has 2 rings (SSSR count). The standard InChI is InChI=1S/C12H13BrN2O3S/c13-12-4-2-1-3-9(12)6-15-19(17,18)11-5-10(8-16)14-7-11/h1-5,7,14-16H,6,8H2. The van der Waals surface area contributed by atoms with E-state index in [1.807, 2.05) is 24.3 Å². The van der Waals surface area contributed by atoms with Crippen molar-refractivity contribution in [2.45, 2.75) is 18.0 Å². The minimum atomic E-state index is -3.58. The zero-order chi connectivity index (χ0) is 13.9. The molecule has 2 aromatic rings. The lowest BCUT2D eigenvalue weighted by Crippen LogP contribution is -2.23. The third-order valence-corrected chi connectivity index (χ3v) is 4.76. The van der Waals surface area contributed by atoms with Crippen molar-refractivity contribution in [3.63, 3.8) is 0 Å². The summed E-state index contributed by atoms with van der Waals surface area (Å²) < 4.78 is 27.4. The molecule has 5 nitrogen and oxygen atoms in total. The van der Waals surface area contributed by atoms with Gasteiger partial charge >= 0.3 is 0 Å². The number of H-pyrrole nitrogens is 1. The van der Waals surface area contributed by atoms with E-state index in [1.54, 1.807) is 0 Å². The molecular formula is C12H13BrN2O3S.